The van der Waals surface area contributed by atoms with Crippen LogP contribution in [0, 0.1) is 6.92 Å². The average Bonchev–Trinajstić information content (AvgIpc) is 3.00. The van der Waals surface area contributed by atoms with E-state index < -0.39 is 0 Å². The van der Waals surface area contributed by atoms with Crippen LogP contribution in [-0.2, 0) is 17.1 Å². The van der Waals surface area contributed by atoms with Gasteiger partial charge in [-0.3, -0.25) is 4.79 Å². The maximum atomic E-state index is 12.5. The molecular weight excluding hydrogens is 326 g/mol. The van der Waals surface area contributed by atoms with Crippen molar-refractivity contribution in [3.63, 3.8) is 0 Å². The van der Waals surface area contributed by atoms with Gasteiger partial charge in [0.25, 0.3) is 0 Å². The summed E-state index contributed by atoms with van der Waals surface area (Å²) in [5.74, 6) is 2.79. The zero-order valence-electron chi connectivity index (χ0n) is 13.9. The van der Waals surface area contributed by atoms with Crippen molar-refractivity contribution in [3.8, 4) is 5.75 Å². The van der Waals surface area contributed by atoms with Crippen molar-refractivity contribution in [1.29, 1.82) is 0 Å². The van der Waals surface area contributed by atoms with Crippen molar-refractivity contribution >= 4 is 17.7 Å². The standard InChI is InChI=1S/C17H21N3O3S/c1-4-9-20(10-14-7-5-6-8-15(14)22-3)17(21)12-24-11-16-18-13(2)19-23-16/h4-8H,1,9-12H2,2-3H3. The van der Waals surface area contributed by atoms with Crippen LogP contribution in [0.2, 0.25) is 0 Å². The molecule has 1 amide bonds. The molecule has 1 heterocycles. The van der Waals surface area contributed by atoms with Gasteiger partial charge in [-0.1, -0.05) is 29.4 Å². The van der Waals surface area contributed by atoms with Crippen molar-refractivity contribution < 1.29 is 14.1 Å². The summed E-state index contributed by atoms with van der Waals surface area (Å²) in [5.41, 5.74) is 0.965. The van der Waals surface area contributed by atoms with Crippen molar-refractivity contribution in [3.05, 3.63) is 54.2 Å². The summed E-state index contributed by atoms with van der Waals surface area (Å²) in [6, 6.07) is 7.68. The summed E-state index contributed by atoms with van der Waals surface area (Å²) in [4.78, 5) is 18.4. The van der Waals surface area contributed by atoms with Gasteiger partial charge in [-0.2, -0.15) is 4.98 Å². The molecule has 0 fully saturated rings. The number of aromatic nitrogens is 2. The number of ether oxygens (including phenoxy) is 1. The van der Waals surface area contributed by atoms with Crippen LogP contribution in [-0.4, -0.2) is 40.4 Å². The molecule has 0 radical (unpaired) electrons. The number of methoxy groups -OCH3 is 1. The summed E-state index contributed by atoms with van der Waals surface area (Å²) in [5, 5.41) is 3.73. The zero-order chi connectivity index (χ0) is 17.4. The van der Waals surface area contributed by atoms with Crippen molar-refractivity contribution in [2.24, 2.45) is 0 Å². The third kappa shape index (κ3) is 5.13. The Morgan fingerprint density at radius 1 is 1.46 bits per heavy atom. The Bertz CT molecular complexity index is 687. The molecule has 0 atom stereocenters. The third-order valence-electron chi connectivity index (χ3n) is 3.28. The molecule has 0 saturated heterocycles. The van der Waals surface area contributed by atoms with Gasteiger partial charge in [-0.15, -0.1) is 18.3 Å². The Morgan fingerprint density at radius 3 is 2.92 bits per heavy atom. The number of carbonyl (C=O) groups is 1. The lowest BCUT2D eigenvalue weighted by molar-refractivity contribution is -0.128. The second-order valence-corrected chi connectivity index (χ2v) is 6.09. The first-order chi connectivity index (χ1) is 11.6. The van der Waals surface area contributed by atoms with E-state index in [9.17, 15) is 4.79 Å². The lowest BCUT2D eigenvalue weighted by Crippen LogP contribution is -2.32. The molecule has 0 aliphatic heterocycles. The predicted molar refractivity (Wildman–Crippen MR) is 93.8 cm³/mol. The zero-order valence-corrected chi connectivity index (χ0v) is 14.7. The van der Waals surface area contributed by atoms with Crippen molar-refractivity contribution in [2.75, 3.05) is 19.4 Å². The fraction of sp³-hybridized carbons (Fsp3) is 0.353. The molecule has 2 aromatic rings. The van der Waals surface area contributed by atoms with Gasteiger partial charge in [0.2, 0.25) is 11.8 Å². The summed E-state index contributed by atoms with van der Waals surface area (Å²) in [6.45, 7) is 6.46. The molecule has 1 aromatic heterocycles. The number of benzene rings is 1. The first kappa shape index (κ1) is 18.1. The van der Waals surface area contributed by atoms with Crippen LogP contribution in [0.3, 0.4) is 0 Å². The Balaban J connectivity index is 1.93. The molecule has 0 unspecified atom stereocenters. The first-order valence-electron chi connectivity index (χ1n) is 7.51. The monoisotopic (exact) mass is 347 g/mol. The minimum absolute atomic E-state index is 0.0297. The highest BCUT2D eigenvalue weighted by atomic mass is 32.2. The topological polar surface area (TPSA) is 68.5 Å². The number of para-hydroxylation sites is 1. The van der Waals surface area contributed by atoms with Gasteiger partial charge in [0.05, 0.1) is 18.6 Å². The molecule has 1 aromatic carbocycles. The van der Waals surface area contributed by atoms with Gasteiger partial charge < -0.3 is 14.2 Å². The summed E-state index contributed by atoms with van der Waals surface area (Å²) >= 11 is 1.45. The largest absolute Gasteiger partial charge is 0.496 e. The molecular formula is C17H21N3O3S. The number of thioether (sulfide) groups is 1. The van der Waals surface area contributed by atoms with E-state index in [1.165, 1.54) is 11.8 Å². The van der Waals surface area contributed by atoms with E-state index in [1.54, 1.807) is 25.0 Å². The van der Waals surface area contributed by atoms with Crippen LogP contribution in [0.25, 0.3) is 0 Å². The van der Waals surface area contributed by atoms with E-state index in [1.807, 2.05) is 24.3 Å². The van der Waals surface area contributed by atoms with Crippen LogP contribution >= 0.6 is 11.8 Å². The molecule has 0 aliphatic rings. The van der Waals surface area contributed by atoms with Gasteiger partial charge >= 0.3 is 0 Å². The number of hydrogen-bond donors (Lipinski definition) is 0. The van der Waals surface area contributed by atoms with E-state index in [2.05, 4.69) is 16.7 Å². The van der Waals surface area contributed by atoms with Crippen LogP contribution < -0.4 is 4.74 Å². The highest BCUT2D eigenvalue weighted by molar-refractivity contribution is 7.99. The van der Waals surface area contributed by atoms with Crippen molar-refractivity contribution in [2.45, 2.75) is 19.2 Å². The fourth-order valence-corrected chi connectivity index (χ4v) is 2.92. The molecule has 2 rings (SSSR count). The highest BCUT2D eigenvalue weighted by Gasteiger charge is 2.15. The number of carbonyl (C=O) groups excluding carboxylic acids is 1. The molecule has 0 saturated carbocycles. The van der Waals surface area contributed by atoms with Crippen LogP contribution in [0.15, 0.2) is 41.4 Å². The van der Waals surface area contributed by atoms with Gasteiger partial charge in [-0.05, 0) is 13.0 Å². The van der Waals surface area contributed by atoms with E-state index in [-0.39, 0.29) is 5.91 Å². The van der Waals surface area contributed by atoms with Gasteiger partial charge in [-0.25, -0.2) is 0 Å². The molecule has 0 spiro atoms. The first-order valence-corrected chi connectivity index (χ1v) is 8.67. The van der Waals surface area contributed by atoms with Crippen LogP contribution in [0.4, 0.5) is 0 Å². The number of amides is 1. The summed E-state index contributed by atoms with van der Waals surface area (Å²) in [7, 11) is 1.63. The van der Waals surface area contributed by atoms with Gasteiger partial charge in [0, 0.05) is 18.7 Å². The number of aryl methyl sites for hydroxylation is 1. The number of rotatable bonds is 9. The van der Waals surface area contributed by atoms with Crippen LogP contribution in [0.1, 0.15) is 17.3 Å². The van der Waals surface area contributed by atoms with E-state index >= 15 is 0 Å². The molecule has 6 nitrogen and oxygen atoms in total. The van der Waals surface area contributed by atoms with E-state index in [0.717, 1.165) is 11.3 Å². The molecule has 128 valence electrons. The normalized spacial score (nSPS) is 10.4. The van der Waals surface area contributed by atoms with E-state index in [4.69, 9.17) is 9.26 Å². The lowest BCUT2D eigenvalue weighted by atomic mass is 10.2. The Hall–Kier alpha value is -2.28. The minimum atomic E-state index is 0.0297. The number of hydrogen-bond acceptors (Lipinski definition) is 6. The Labute approximate surface area is 145 Å². The molecule has 24 heavy (non-hydrogen) atoms. The Kier molecular flexibility index (Phi) is 6.87. The summed E-state index contributed by atoms with van der Waals surface area (Å²) in [6.07, 6.45) is 1.72. The highest BCUT2D eigenvalue weighted by Crippen LogP contribution is 2.20. The maximum absolute atomic E-state index is 12.5. The minimum Gasteiger partial charge on any atom is -0.496 e. The maximum Gasteiger partial charge on any atom is 0.236 e. The molecule has 0 N–H and O–H groups in total. The lowest BCUT2D eigenvalue weighted by Gasteiger charge is -2.22. The third-order valence-corrected chi connectivity index (χ3v) is 4.18. The van der Waals surface area contributed by atoms with Gasteiger partial charge in [0.1, 0.15) is 5.75 Å². The average molecular weight is 347 g/mol. The molecule has 7 heteroatoms. The molecule has 0 aliphatic carbocycles. The van der Waals surface area contributed by atoms with E-state index in [0.29, 0.717) is 36.3 Å². The van der Waals surface area contributed by atoms with Crippen molar-refractivity contribution in [1.82, 2.24) is 15.0 Å². The second kappa shape index (κ2) is 9.12. The van der Waals surface area contributed by atoms with Gasteiger partial charge in [0.15, 0.2) is 5.82 Å². The summed E-state index contributed by atoms with van der Waals surface area (Å²) < 4.78 is 10.4. The smallest absolute Gasteiger partial charge is 0.236 e. The second-order valence-electron chi connectivity index (χ2n) is 5.10. The predicted octanol–water partition coefficient (Wildman–Crippen LogP) is 2.83. The number of nitrogens with zero attached hydrogens (tertiary/aromatic N) is 3. The molecule has 0 bridgehead atoms. The van der Waals surface area contributed by atoms with Crippen LogP contribution in [0.5, 0.6) is 5.75 Å². The SMILES string of the molecule is C=CCN(Cc1ccccc1OC)C(=O)CSCc1nc(C)no1. The Morgan fingerprint density at radius 2 is 2.25 bits per heavy atom. The quantitative estimate of drug-likeness (QED) is 0.650. The fourth-order valence-electron chi connectivity index (χ4n) is 2.17.